The summed E-state index contributed by atoms with van der Waals surface area (Å²) in [6.45, 7) is 7.90. The van der Waals surface area contributed by atoms with Crippen LogP contribution in [0.25, 0.3) is 0 Å². The summed E-state index contributed by atoms with van der Waals surface area (Å²) in [4.78, 5) is 110. The number of fused-ring (bicyclic) bond motifs is 2. The van der Waals surface area contributed by atoms with Crippen molar-refractivity contribution in [2.75, 3.05) is 84.2 Å². The molecule has 1 saturated heterocycles. The van der Waals surface area contributed by atoms with Crippen molar-refractivity contribution in [3.8, 4) is 5.88 Å². The van der Waals surface area contributed by atoms with Crippen molar-refractivity contribution in [2.24, 2.45) is 10.3 Å². The molecule has 0 saturated carbocycles. The Morgan fingerprint density at radius 3 is 1.54 bits per heavy atom. The Bertz CT molecular complexity index is 3580. The number of esters is 5. The van der Waals surface area contributed by atoms with E-state index in [1.165, 1.54) is 18.7 Å². The van der Waals surface area contributed by atoms with Crippen LogP contribution in [0.1, 0.15) is 110 Å². The Labute approximate surface area is 524 Å². The highest BCUT2D eigenvalue weighted by Gasteiger charge is 2.45. The number of carbonyl (C=O) groups is 8. The fourth-order valence-corrected chi connectivity index (χ4v) is 18.5. The van der Waals surface area contributed by atoms with Gasteiger partial charge in [0, 0.05) is 42.8 Å². The highest BCUT2D eigenvalue weighted by molar-refractivity contribution is 7.96. The first-order valence-electron chi connectivity index (χ1n) is 27.2. The SMILES string of the molecule is CCN(C(=O)OCOC(=O)CCC(=O)OCC(=O)O[C@H](COc1nsnc1N1CCOCC1)CN(C(=O)COC(=O)CCC(=O)OCOC(=O)N(CC)[C@H]1C[C@H](C)S(=O)(=O)c2sc(S(N)(=O)=O)cc21)C(C)(C)C)[C@H]1C[C@H](C)S(=O)(=O)c2sc(S(N)(=O)=O)cc21. The fourth-order valence-electron chi connectivity index (χ4n) is 9.18. The van der Waals surface area contributed by atoms with Gasteiger partial charge in [-0.15, -0.1) is 27.0 Å². The molecule has 0 radical (unpaired) electrons. The molecule has 1 fully saturated rings. The van der Waals surface area contributed by atoms with Gasteiger partial charge in [-0.2, -0.15) is 4.37 Å². The second-order valence-electron chi connectivity index (χ2n) is 21.0. The van der Waals surface area contributed by atoms with Crippen molar-refractivity contribution in [3.63, 3.8) is 0 Å². The number of nitrogens with zero attached hydrogens (tertiary/aromatic N) is 6. The van der Waals surface area contributed by atoms with Crippen molar-refractivity contribution in [3.05, 3.63) is 23.3 Å². The summed E-state index contributed by atoms with van der Waals surface area (Å²) in [5.74, 6) is -5.60. The zero-order valence-electron chi connectivity index (χ0n) is 49.2. The third-order valence-electron chi connectivity index (χ3n) is 13.8. The second kappa shape index (κ2) is 30.1. The van der Waals surface area contributed by atoms with Crippen LogP contribution in [-0.4, -0.2) is 207 Å². The molecule has 6 heterocycles. The fraction of sp³-hybridized carbons (Fsp3) is 0.633. The summed E-state index contributed by atoms with van der Waals surface area (Å²) in [5.41, 5.74) is -0.976. The summed E-state index contributed by atoms with van der Waals surface area (Å²) >= 11 is 1.78. The number of ether oxygens (including phenoxy) is 9. The minimum atomic E-state index is -4.29. The third-order valence-corrected chi connectivity index (χ3v) is 24.9. The Hall–Kier alpha value is -6.40. The molecule has 3 amide bonds. The smallest absolute Gasteiger partial charge is 0.413 e. The van der Waals surface area contributed by atoms with E-state index in [9.17, 15) is 72.0 Å². The molecular weight excluding hydrogens is 1330 g/mol. The first kappa shape index (κ1) is 71.7. The van der Waals surface area contributed by atoms with Crippen LogP contribution in [0.15, 0.2) is 29.0 Å². The molecule has 3 aliphatic heterocycles. The number of nitrogens with two attached hydrogens (primary N) is 2. The average Bonchev–Trinajstić information content (AvgIpc) is 1.70. The number of morpholine rings is 1. The van der Waals surface area contributed by atoms with Crippen molar-refractivity contribution in [2.45, 2.75) is 138 Å². The monoisotopic (exact) mass is 1390 g/mol. The van der Waals surface area contributed by atoms with Crippen LogP contribution in [0.5, 0.6) is 5.88 Å². The molecule has 6 rings (SSSR count). The van der Waals surface area contributed by atoms with Crippen LogP contribution in [0, 0.1) is 0 Å². The lowest BCUT2D eigenvalue weighted by molar-refractivity contribution is -0.167. The van der Waals surface area contributed by atoms with Crippen molar-refractivity contribution < 1.29 is 115 Å². The lowest BCUT2D eigenvalue weighted by atomic mass is 10.0. The van der Waals surface area contributed by atoms with E-state index in [0.29, 0.717) is 54.8 Å². The largest absolute Gasteiger partial charge is 0.470 e. The maximum atomic E-state index is 13.8. The molecule has 89 heavy (non-hydrogen) atoms. The molecule has 496 valence electrons. The standard InChI is InChI=1S/C49H68N8O25S7/c1-8-55(33-18-28(3)86(66,67)45-31(33)20-41(83-45)88(50,70)71)47(64)80-26-78-38(61)12-10-36(59)75-24-35(58)57(49(5,6)7)22-30(23-77-44-43(52-85-53-44)54-14-16-74-17-15-54)82-40(63)25-76-37(60)11-13-39(62)79-27-81-48(65)56(9-2)34-19-29(4)87(68,69)46-32(34)21-42(84-46)89(51,72)73/h20-21,28-30,33-34H,8-19,22-27H2,1-7H3,(H2,50,70,71)(H2,51,72,73)/t28-,29-,30-,33-,34-/m0/s1. The third kappa shape index (κ3) is 18.6. The molecular formula is C49H68N8O25S7. The zero-order valence-corrected chi connectivity index (χ0v) is 54.9. The van der Waals surface area contributed by atoms with Crippen LogP contribution in [0.2, 0.25) is 0 Å². The predicted octanol–water partition coefficient (Wildman–Crippen LogP) is 1.89. The molecule has 0 aliphatic carbocycles. The normalized spacial score (nSPS) is 19.0. The summed E-state index contributed by atoms with van der Waals surface area (Å²) in [7, 11) is -16.5. The van der Waals surface area contributed by atoms with Gasteiger partial charge in [-0.3, -0.25) is 24.0 Å². The zero-order chi connectivity index (χ0) is 66.0. The maximum Gasteiger partial charge on any atom is 0.413 e. The number of carbonyl (C=O) groups excluding carboxylic acids is 8. The molecule has 0 spiro atoms. The van der Waals surface area contributed by atoms with Gasteiger partial charge in [-0.1, -0.05) is 0 Å². The molecule has 3 aromatic rings. The Morgan fingerprint density at radius 1 is 0.674 bits per heavy atom. The number of hydrogen-bond acceptors (Lipinski definition) is 31. The number of rotatable bonds is 27. The predicted molar refractivity (Wildman–Crippen MR) is 309 cm³/mol. The topological polar surface area (TPSA) is 447 Å². The Kier molecular flexibility index (Phi) is 24.3. The van der Waals surface area contributed by atoms with Crippen LogP contribution in [-0.2, 0) is 106 Å². The van der Waals surface area contributed by atoms with Gasteiger partial charge in [-0.05, 0) is 73.4 Å². The van der Waals surface area contributed by atoms with Gasteiger partial charge in [0.25, 0.3) is 11.8 Å². The van der Waals surface area contributed by atoms with E-state index >= 15 is 0 Å². The van der Waals surface area contributed by atoms with Crippen LogP contribution >= 0.6 is 34.4 Å². The van der Waals surface area contributed by atoms with Gasteiger partial charge < -0.3 is 62.2 Å². The molecule has 0 unspecified atom stereocenters. The Balaban J connectivity index is 0.979. The van der Waals surface area contributed by atoms with Crippen molar-refractivity contribution in [1.82, 2.24) is 23.4 Å². The molecule has 40 heteroatoms. The van der Waals surface area contributed by atoms with Gasteiger partial charge in [0.2, 0.25) is 39.5 Å². The molecule has 5 atom stereocenters. The van der Waals surface area contributed by atoms with Gasteiger partial charge in [0.15, 0.2) is 39.0 Å². The molecule has 0 bridgehead atoms. The minimum Gasteiger partial charge on any atom is -0.470 e. The van der Waals surface area contributed by atoms with E-state index < -0.39 is 196 Å². The molecule has 0 aromatic carbocycles. The Morgan fingerprint density at radius 2 is 1.11 bits per heavy atom. The van der Waals surface area contributed by atoms with E-state index in [2.05, 4.69) is 8.75 Å². The number of sulfone groups is 2. The van der Waals surface area contributed by atoms with Crippen LogP contribution < -0.4 is 19.9 Å². The quantitative estimate of drug-likeness (QED) is 0.0625. The van der Waals surface area contributed by atoms with Gasteiger partial charge in [0.05, 0.1) is 79.8 Å². The van der Waals surface area contributed by atoms with Gasteiger partial charge in [0.1, 0.15) is 23.4 Å². The highest BCUT2D eigenvalue weighted by atomic mass is 32.3. The summed E-state index contributed by atoms with van der Waals surface area (Å²) in [6.07, 6.45) is -6.04. The molecule has 3 aliphatic rings. The summed E-state index contributed by atoms with van der Waals surface area (Å²) in [5, 5.41) is 8.50. The van der Waals surface area contributed by atoms with Crippen LogP contribution in [0.4, 0.5) is 15.4 Å². The van der Waals surface area contributed by atoms with Crippen LogP contribution in [0.3, 0.4) is 0 Å². The number of hydrogen-bond donors (Lipinski definition) is 2. The van der Waals surface area contributed by atoms with Gasteiger partial charge >= 0.3 is 42.0 Å². The summed E-state index contributed by atoms with van der Waals surface area (Å²) < 4.78 is 155. The average molecular weight is 1390 g/mol. The molecule has 3 aromatic heterocycles. The minimum absolute atomic E-state index is 0.0313. The number of amides is 3. The van der Waals surface area contributed by atoms with Crippen molar-refractivity contribution >= 4 is 128 Å². The second-order valence-corrected chi connectivity index (χ2v) is 32.3. The number of primary sulfonamides is 2. The highest BCUT2D eigenvalue weighted by Crippen LogP contribution is 2.47. The van der Waals surface area contributed by atoms with Gasteiger partial charge in [-0.25, -0.2) is 58.3 Å². The van der Waals surface area contributed by atoms with E-state index in [0.717, 1.165) is 33.7 Å². The molecule has 33 nitrogen and oxygen atoms in total. The number of sulfonamides is 2. The van der Waals surface area contributed by atoms with E-state index in [4.69, 9.17) is 52.9 Å². The van der Waals surface area contributed by atoms with Crippen molar-refractivity contribution in [1.29, 1.82) is 0 Å². The van der Waals surface area contributed by atoms with E-state index in [-0.39, 0.29) is 51.4 Å². The number of thiophene rings is 2. The number of anilines is 1. The molecule has 4 N–H and O–H groups in total. The lowest BCUT2D eigenvalue weighted by Crippen LogP contribution is -2.52. The summed E-state index contributed by atoms with van der Waals surface area (Å²) in [6, 6.07) is 0.300. The van der Waals surface area contributed by atoms with E-state index in [1.54, 1.807) is 34.6 Å². The lowest BCUT2D eigenvalue weighted by Gasteiger charge is -2.37. The maximum absolute atomic E-state index is 13.8. The first-order chi connectivity index (χ1) is 41.6. The number of aromatic nitrogens is 2. The van der Waals surface area contributed by atoms with E-state index in [1.807, 2.05) is 4.90 Å². The first-order valence-corrected chi connectivity index (χ1v) is 35.7.